The van der Waals surface area contributed by atoms with E-state index < -0.39 is 24.1 Å². The van der Waals surface area contributed by atoms with Crippen molar-refractivity contribution < 1.29 is 47.5 Å². The van der Waals surface area contributed by atoms with E-state index in [4.69, 9.17) is 61.1 Å². The molecule has 2 unspecified atom stereocenters. The molecular formula is C42H40Cl2O10. The van der Waals surface area contributed by atoms with Crippen LogP contribution >= 0.6 is 23.2 Å². The van der Waals surface area contributed by atoms with E-state index in [1.807, 2.05) is 60.7 Å². The van der Waals surface area contributed by atoms with Crippen molar-refractivity contribution in [1.29, 1.82) is 0 Å². The second-order valence-corrected chi connectivity index (χ2v) is 12.3. The number of halogens is 2. The van der Waals surface area contributed by atoms with Crippen molar-refractivity contribution in [1.82, 2.24) is 0 Å². The van der Waals surface area contributed by atoms with Gasteiger partial charge in [0.15, 0.2) is 12.2 Å². The number of ether oxygens (including phenoxy) is 8. The number of hydrogen-bond donors (Lipinski definition) is 0. The summed E-state index contributed by atoms with van der Waals surface area (Å²) in [6, 6.07) is 40.0. The Bertz CT molecular complexity index is 1710. The van der Waals surface area contributed by atoms with Crippen LogP contribution in [0.5, 0.6) is 46.0 Å². The highest BCUT2D eigenvalue weighted by atomic mass is 35.5. The normalized spacial score (nSPS) is 11.7. The van der Waals surface area contributed by atoms with Gasteiger partial charge in [0, 0.05) is 17.8 Å². The molecule has 2 atom stereocenters. The van der Waals surface area contributed by atoms with E-state index in [0.717, 1.165) is 11.5 Å². The summed E-state index contributed by atoms with van der Waals surface area (Å²) in [5.41, 5.74) is 0. The molecule has 0 aromatic heterocycles. The second-order valence-electron chi connectivity index (χ2n) is 11.6. The molecule has 0 saturated carbocycles. The van der Waals surface area contributed by atoms with Gasteiger partial charge in [0.2, 0.25) is 0 Å². The summed E-state index contributed by atoms with van der Waals surface area (Å²) in [4.78, 5) is 24.7. The van der Waals surface area contributed by atoms with Crippen LogP contribution in [0.15, 0.2) is 133 Å². The summed E-state index contributed by atoms with van der Waals surface area (Å²) < 4.78 is 46.7. The van der Waals surface area contributed by atoms with E-state index in [1.54, 1.807) is 72.8 Å². The minimum absolute atomic E-state index is 0.00559. The topological polar surface area (TPSA) is 108 Å². The number of carbonyl (C=O) groups excluding carboxylic acids is 2. The van der Waals surface area contributed by atoms with E-state index >= 15 is 0 Å². The number of hydrogen-bond acceptors (Lipinski definition) is 10. The lowest BCUT2D eigenvalue weighted by Gasteiger charge is -2.20. The van der Waals surface area contributed by atoms with Gasteiger partial charge in [-0.2, -0.15) is 0 Å². The van der Waals surface area contributed by atoms with Crippen LogP contribution in [0.3, 0.4) is 0 Å². The summed E-state index contributed by atoms with van der Waals surface area (Å²) >= 11 is 11.5. The van der Waals surface area contributed by atoms with Gasteiger partial charge in [-0.3, -0.25) is 9.59 Å². The van der Waals surface area contributed by atoms with E-state index in [-0.39, 0.29) is 51.0 Å². The number of para-hydroxylation sites is 2. The first-order chi connectivity index (χ1) is 26.4. The Kier molecular flexibility index (Phi) is 16.0. The number of alkyl halides is 2. The van der Waals surface area contributed by atoms with E-state index in [2.05, 4.69) is 0 Å². The molecule has 0 amide bonds. The van der Waals surface area contributed by atoms with Crippen LogP contribution in [-0.2, 0) is 19.1 Å². The molecule has 5 aromatic rings. The highest BCUT2D eigenvalue weighted by Crippen LogP contribution is 2.26. The lowest BCUT2D eigenvalue weighted by Crippen LogP contribution is -2.31. The number of rotatable bonds is 22. The monoisotopic (exact) mass is 774 g/mol. The van der Waals surface area contributed by atoms with Crippen LogP contribution in [0.25, 0.3) is 0 Å². The molecule has 0 radical (unpaired) electrons. The van der Waals surface area contributed by atoms with Gasteiger partial charge in [-0.25, -0.2) is 0 Å². The molecule has 0 aliphatic rings. The molecule has 5 aromatic carbocycles. The number of benzene rings is 5. The lowest BCUT2D eigenvalue weighted by molar-refractivity contribution is -0.152. The quantitative estimate of drug-likeness (QED) is 0.0499. The van der Waals surface area contributed by atoms with Gasteiger partial charge in [0.05, 0.1) is 12.8 Å². The third kappa shape index (κ3) is 14.1. The Balaban J connectivity index is 1.13. The Morgan fingerprint density at radius 2 is 0.722 bits per heavy atom. The Morgan fingerprint density at radius 3 is 1.09 bits per heavy atom. The van der Waals surface area contributed by atoms with Gasteiger partial charge in [-0.1, -0.05) is 42.5 Å². The molecule has 0 bridgehead atoms. The van der Waals surface area contributed by atoms with Crippen molar-refractivity contribution in [2.45, 2.75) is 25.0 Å². The average molecular weight is 776 g/mol. The maximum atomic E-state index is 12.3. The van der Waals surface area contributed by atoms with Crippen LogP contribution in [0.1, 0.15) is 12.8 Å². The first-order valence-electron chi connectivity index (χ1n) is 17.2. The number of carbonyl (C=O) groups is 2. The van der Waals surface area contributed by atoms with Crippen molar-refractivity contribution in [2.75, 3.05) is 38.2 Å². The molecular weight excluding hydrogens is 735 g/mol. The zero-order chi connectivity index (χ0) is 37.8. The van der Waals surface area contributed by atoms with Gasteiger partial charge in [-0.05, 0) is 84.9 Å². The van der Waals surface area contributed by atoms with Gasteiger partial charge >= 0.3 is 11.9 Å². The smallest absolute Gasteiger partial charge is 0.307 e. The maximum absolute atomic E-state index is 12.3. The Morgan fingerprint density at radius 1 is 0.407 bits per heavy atom. The first-order valence-corrected chi connectivity index (χ1v) is 18.3. The third-order valence-corrected chi connectivity index (χ3v) is 7.73. The third-order valence-electron chi connectivity index (χ3n) is 7.35. The fourth-order valence-corrected chi connectivity index (χ4v) is 5.05. The van der Waals surface area contributed by atoms with Crippen molar-refractivity contribution in [2.24, 2.45) is 0 Å². The molecule has 54 heavy (non-hydrogen) atoms. The second kappa shape index (κ2) is 21.8. The molecule has 12 heteroatoms. The minimum atomic E-state index is -0.743. The summed E-state index contributed by atoms with van der Waals surface area (Å²) in [5.74, 6) is 4.07. The lowest BCUT2D eigenvalue weighted by atomic mass is 10.3. The number of esters is 2. The molecule has 0 spiro atoms. The Labute approximate surface area is 324 Å². The van der Waals surface area contributed by atoms with Gasteiger partial charge in [-0.15, -0.1) is 23.2 Å². The van der Waals surface area contributed by atoms with E-state index in [9.17, 15) is 9.59 Å². The molecule has 0 N–H and O–H groups in total. The van der Waals surface area contributed by atoms with E-state index in [1.165, 1.54) is 0 Å². The van der Waals surface area contributed by atoms with Crippen LogP contribution < -0.4 is 28.4 Å². The standard InChI is InChI=1S/C42H40Cl2O10/c43-24-22-41(45)53-39(27-47-31-14-18-35(19-15-31)51-33-8-3-1-4-9-33)29-49-37-12-7-13-38(26-37)50-30-40(54-42(46)23-25-44)28-48-32-16-20-36(21-17-32)52-34-10-5-2-6-11-34/h1-21,26,39-40H,22-25,27-30H2. The van der Waals surface area contributed by atoms with Crippen molar-refractivity contribution in [3.63, 3.8) is 0 Å². The predicted molar refractivity (Wildman–Crippen MR) is 205 cm³/mol. The van der Waals surface area contributed by atoms with Crippen LogP contribution in [0.4, 0.5) is 0 Å². The maximum Gasteiger partial charge on any atom is 0.307 e. The molecule has 0 fully saturated rings. The molecule has 0 aliphatic carbocycles. The van der Waals surface area contributed by atoms with E-state index in [0.29, 0.717) is 34.5 Å². The summed E-state index contributed by atoms with van der Waals surface area (Å²) in [6.07, 6.45) is -1.40. The zero-order valence-electron chi connectivity index (χ0n) is 29.4. The fourth-order valence-electron chi connectivity index (χ4n) is 4.74. The molecule has 0 aliphatic heterocycles. The molecule has 282 valence electrons. The molecule has 0 heterocycles. The fraction of sp³-hybridized carbons (Fsp3) is 0.238. The van der Waals surface area contributed by atoms with Gasteiger partial charge in [0.25, 0.3) is 0 Å². The van der Waals surface area contributed by atoms with Crippen molar-refractivity contribution in [3.8, 4) is 46.0 Å². The highest BCUT2D eigenvalue weighted by Gasteiger charge is 2.19. The van der Waals surface area contributed by atoms with Gasteiger partial charge in [0.1, 0.15) is 72.4 Å². The molecule has 5 rings (SSSR count). The predicted octanol–water partition coefficient (Wildman–Crippen LogP) is 9.27. The first kappa shape index (κ1) is 39.6. The van der Waals surface area contributed by atoms with Crippen LogP contribution in [0.2, 0.25) is 0 Å². The zero-order valence-corrected chi connectivity index (χ0v) is 30.9. The SMILES string of the molecule is O=C(CCCl)OC(COc1ccc(Oc2ccccc2)cc1)COc1cccc(OCC(COc2ccc(Oc3ccccc3)cc2)OC(=O)CCCl)c1. The molecule has 0 saturated heterocycles. The summed E-state index contributed by atoms with van der Waals surface area (Å²) in [6.45, 7) is 0.0468. The van der Waals surface area contributed by atoms with Gasteiger partial charge < -0.3 is 37.9 Å². The van der Waals surface area contributed by atoms with Crippen LogP contribution in [-0.4, -0.2) is 62.3 Å². The van der Waals surface area contributed by atoms with Crippen molar-refractivity contribution >= 4 is 35.1 Å². The highest BCUT2D eigenvalue weighted by molar-refractivity contribution is 6.19. The van der Waals surface area contributed by atoms with Crippen LogP contribution in [0, 0.1) is 0 Å². The summed E-state index contributed by atoms with van der Waals surface area (Å²) in [5, 5.41) is 0. The largest absolute Gasteiger partial charge is 0.490 e. The Hall–Kier alpha value is -5.58. The summed E-state index contributed by atoms with van der Waals surface area (Å²) in [7, 11) is 0. The average Bonchev–Trinajstić information content (AvgIpc) is 3.19. The molecule has 10 nitrogen and oxygen atoms in total. The van der Waals surface area contributed by atoms with Crippen molar-refractivity contribution in [3.05, 3.63) is 133 Å². The minimum Gasteiger partial charge on any atom is -0.490 e.